The molecule has 0 saturated carbocycles. The predicted molar refractivity (Wildman–Crippen MR) is 176 cm³/mol. The Hall–Kier alpha value is -1.34. The van der Waals surface area contributed by atoms with Crippen molar-refractivity contribution in [2.24, 2.45) is 5.41 Å². The zero-order valence-electron chi connectivity index (χ0n) is 28.1. The van der Waals surface area contributed by atoms with Gasteiger partial charge in [-0.2, -0.15) is 0 Å². The van der Waals surface area contributed by atoms with E-state index in [0.717, 1.165) is 22.3 Å². The summed E-state index contributed by atoms with van der Waals surface area (Å²) in [6.07, 6.45) is 0. The average Bonchev–Trinajstić information content (AvgIpc) is 2.87. The first-order valence-electron chi connectivity index (χ1n) is 14.6. The number of rotatable bonds is 12. The van der Waals surface area contributed by atoms with Crippen LogP contribution in [0.1, 0.15) is 105 Å². The maximum absolute atomic E-state index is 10.7. The Bertz CT molecular complexity index is 1100. The van der Waals surface area contributed by atoms with Gasteiger partial charge in [-0.1, -0.05) is 107 Å². The number of aliphatic hydroxyl groups is 2. The van der Waals surface area contributed by atoms with E-state index in [9.17, 15) is 20.0 Å². The molecule has 0 saturated heterocycles. The van der Waals surface area contributed by atoms with Crippen LogP contribution in [-0.4, -0.2) is 46.4 Å². The van der Waals surface area contributed by atoms with Gasteiger partial charge < -0.3 is 38.1 Å². The third kappa shape index (κ3) is 10.9. The SMILES string of the molecule is CC(C)(C)c1ccc(OP(O)OCC(CO)(CO)COP(O)Oc2ccc(C(C)(C)C)cc2C(C)(C)C)c(C(C)(C)C)c1. The predicted octanol–water partition coefficient (Wildman–Crippen LogP) is 7.78. The van der Waals surface area contributed by atoms with Gasteiger partial charge in [0.15, 0.2) is 0 Å². The van der Waals surface area contributed by atoms with Gasteiger partial charge in [0.1, 0.15) is 11.5 Å². The zero-order chi connectivity index (χ0) is 33.0. The van der Waals surface area contributed by atoms with Gasteiger partial charge in [-0.15, -0.1) is 0 Å². The number of hydrogen-bond donors (Lipinski definition) is 4. The van der Waals surface area contributed by atoms with Gasteiger partial charge in [0.2, 0.25) is 0 Å². The van der Waals surface area contributed by atoms with Crippen LogP contribution in [0.3, 0.4) is 0 Å². The van der Waals surface area contributed by atoms with Gasteiger partial charge in [0.05, 0.1) is 31.8 Å². The van der Waals surface area contributed by atoms with Crippen molar-refractivity contribution < 1.29 is 38.1 Å². The zero-order valence-corrected chi connectivity index (χ0v) is 29.9. The number of benzene rings is 2. The Morgan fingerprint density at radius 2 is 0.860 bits per heavy atom. The van der Waals surface area contributed by atoms with Crippen LogP contribution in [0.5, 0.6) is 11.5 Å². The second-order valence-corrected chi connectivity index (χ2v) is 17.3. The van der Waals surface area contributed by atoms with Crippen LogP contribution < -0.4 is 9.05 Å². The minimum atomic E-state index is -2.40. The molecule has 8 nitrogen and oxygen atoms in total. The molecule has 43 heavy (non-hydrogen) atoms. The van der Waals surface area contributed by atoms with Crippen molar-refractivity contribution in [3.63, 3.8) is 0 Å². The van der Waals surface area contributed by atoms with Crippen LogP contribution in [0.4, 0.5) is 0 Å². The van der Waals surface area contributed by atoms with E-state index in [0.29, 0.717) is 11.5 Å². The molecule has 2 rings (SSSR count). The lowest BCUT2D eigenvalue weighted by Crippen LogP contribution is -2.39. The normalized spacial score (nSPS) is 14.9. The standard InChI is InChI=1S/C33H54O8P2/c1-29(2,3)23-13-15-27(25(17-23)31(7,8)9)40-42(36)38-21-33(19-34,20-35)22-39-43(37)41-28-16-14-24(30(4,5)6)18-26(28)32(10,11)12/h13-18,34-37H,19-22H2,1-12H3. The fraction of sp³-hybridized carbons (Fsp3) is 0.636. The van der Waals surface area contributed by atoms with Crippen LogP contribution >= 0.6 is 17.2 Å². The van der Waals surface area contributed by atoms with E-state index in [2.05, 4.69) is 95.2 Å². The molecule has 0 amide bonds. The summed E-state index contributed by atoms with van der Waals surface area (Å²) in [6, 6.07) is 11.8. The van der Waals surface area contributed by atoms with Crippen molar-refractivity contribution in [1.29, 1.82) is 0 Å². The Morgan fingerprint density at radius 3 is 1.12 bits per heavy atom. The molecule has 10 heteroatoms. The summed E-state index contributed by atoms with van der Waals surface area (Å²) in [6.45, 7) is 23.7. The second kappa shape index (κ2) is 14.4. The van der Waals surface area contributed by atoms with Gasteiger partial charge in [-0.3, -0.25) is 0 Å². The maximum Gasteiger partial charge on any atom is 0.394 e. The fourth-order valence-corrected chi connectivity index (χ4v) is 5.73. The van der Waals surface area contributed by atoms with Crippen molar-refractivity contribution in [1.82, 2.24) is 0 Å². The summed E-state index contributed by atoms with van der Waals surface area (Å²) >= 11 is 0. The van der Waals surface area contributed by atoms with E-state index in [-0.39, 0.29) is 34.9 Å². The highest BCUT2D eigenvalue weighted by atomic mass is 31.2. The first-order valence-corrected chi connectivity index (χ1v) is 16.9. The molecule has 0 aromatic heterocycles. The van der Waals surface area contributed by atoms with Gasteiger partial charge in [0, 0.05) is 11.1 Å². The number of hydrogen-bond acceptors (Lipinski definition) is 8. The van der Waals surface area contributed by atoms with Gasteiger partial charge in [0.25, 0.3) is 0 Å². The van der Waals surface area contributed by atoms with Crippen LogP contribution in [-0.2, 0) is 30.7 Å². The lowest BCUT2D eigenvalue weighted by Gasteiger charge is -2.31. The van der Waals surface area contributed by atoms with Crippen LogP contribution in [0.2, 0.25) is 0 Å². The molecule has 4 N–H and O–H groups in total. The summed E-state index contributed by atoms with van der Waals surface area (Å²) < 4.78 is 22.9. The highest BCUT2D eigenvalue weighted by molar-refractivity contribution is 7.41. The van der Waals surface area contributed by atoms with E-state index in [1.807, 2.05) is 24.3 Å². The molecule has 2 atom stereocenters. The topological polar surface area (TPSA) is 118 Å². The second-order valence-electron chi connectivity index (χ2n) is 15.4. The van der Waals surface area contributed by atoms with E-state index in [1.165, 1.54) is 0 Å². The average molecular weight is 641 g/mol. The van der Waals surface area contributed by atoms with Crippen molar-refractivity contribution in [3.05, 3.63) is 58.7 Å². The Labute approximate surface area is 261 Å². The van der Waals surface area contributed by atoms with Crippen molar-refractivity contribution in [3.8, 4) is 11.5 Å². The molecule has 0 heterocycles. The molecule has 0 fully saturated rings. The summed E-state index contributed by atoms with van der Waals surface area (Å²) in [7, 11) is -4.79. The molecule has 0 aliphatic heterocycles. The summed E-state index contributed by atoms with van der Waals surface area (Å²) in [5.41, 5.74) is 2.22. The molecule has 0 aliphatic rings. The molecule has 0 bridgehead atoms. The molecule has 2 aromatic carbocycles. The molecular formula is C33H54O8P2. The summed E-state index contributed by atoms with van der Waals surface area (Å²) in [5, 5.41) is 20.3. The highest BCUT2D eigenvalue weighted by Gasteiger charge is 2.34. The molecule has 2 unspecified atom stereocenters. The molecule has 2 aromatic rings. The molecule has 0 aliphatic carbocycles. The van der Waals surface area contributed by atoms with E-state index in [4.69, 9.17) is 18.1 Å². The van der Waals surface area contributed by atoms with Crippen LogP contribution in [0, 0.1) is 5.41 Å². The first-order chi connectivity index (χ1) is 19.5. The van der Waals surface area contributed by atoms with E-state index < -0.39 is 35.8 Å². The van der Waals surface area contributed by atoms with E-state index in [1.54, 1.807) is 0 Å². The number of aliphatic hydroxyl groups excluding tert-OH is 2. The smallest absolute Gasteiger partial charge is 0.394 e. The van der Waals surface area contributed by atoms with Crippen molar-refractivity contribution >= 4 is 17.2 Å². The maximum atomic E-state index is 10.7. The highest BCUT2D eigenvalue weighted by Crippen LogP contribution is 2.45. The minimum Gasteiger partial charge on any atom is -0.427 e. The molecular weight excluding hydrogens is 586 g/mol. The fourth-order valence-electron chi connectivity index (χ4n) is 4.20. The van der Waals surface area contributed by atoms with E-state index >= 15 is 0 Å². The molecule has 0 radical (unpaired) electrons. The summed E-state index contributed by atoms with van der Waals surface area (Å²) in [4.78, 5) is 21.4. The Balaban J connectivity index is 2.12. The lowest BCUT2D eigenvalue weighted by molar-refractivity contribution is -0.0225. The third-order valence-corrected chi connectivity index (χ3v) is 8.70. The quantitative estimate of drug-likeness (QED) is 0.174. The monoisotopic (exact) mass is 640 g/mol. The molecule has 244 valence electrons. The van der Waals surface area contributed by atoms with Crippen LogP contribution in [0.25, 0.3) is 0 Å². The van der Waals surface area contributed by atoms with Crippen molar-refractivity contribution in [2.75, 3.05) is 26.4 Å². The Morgan fingerprint density at radius 1 is 0.535 bits per heavy atom. The van der Waals surface area contributed by atoms with Gasteiger partial charge >= 0.3 is 17.2 Å². The Kier molecular flexibility index (Phi) is 12.7. The molecule has 0 spiro atoms. The van der Waals surface area contributed by atoms with Crippen LogP contribution in [0.15, 0.2) is 36.4 Å². The van der Waals surface area contributed by atoms with Crippen molar-refractivity contribution in [2.45, 2.75) is 105 Å². The van der Waals surface area contributed by atoms with Gasteiger partial charge in [-0.25, -0.2) is 0 Å². The third-order valence-electron chi connectivity index (χ3n) is 7.29. The first kappa shape index (κ1) is 37.8. The largest absolute Gasteiger partial charge is 0.427 e. The summed E-state index contributed by atoms with van der Waals surface area (Å²) in [5.74, 6) is 1.01. The van der Waals surface area contributed by atoms with Gasteiger partial charge in [-0.05, 0) is 44.9 Å². The lowest BCUT2D eigenvalue weighted by atomic mass is 9.80. The minimum absolute atomic E-state index is 0.0547.